The first-order valence-electron chi connectivity index (χ1n) is 9.04. The number of amides is 1. The van der Waals surface area contributed by atoms with E-state index >= 15 is 0 Å². The van der Waals surface area contributed by atoms with Crippen molar-refractivity contribution in [3.05, 3.63) is 39.8 Å². The van der Waals surface area contributed by atoms with Gasteiger partial charge in [-0.1, -0.05) is 20.8 Å². The van der Waals surface area contributed by atoms with Crippen LogP contribution >= 0.6 is 11.3 Å². The molecule has 7 heteroatoms. The van der Waals surface area contributed by atoms with Gasteiger partial charge in [0.15, 0.2) is 0 Å². The second kappa shape index (κ2) is 7.68. The summed E-state index contributed by atoms with van der Waals surface area (Å²) in [6, 6.07) is 5.29. The minimum atomic E-state index is -0.425. The van der Waals surface area contributed by atoms with Crippen LogP contribution in [0.4, 0.5) is 11.4 Å². The molecule has 1 aromatic carbocycles. The van der Waals surface area contributed by atoms with Gasteiger partial charge in [-0.05, 0) is 31.0 Å². The second-order valence-corrected chi connectivity index (χ2v) is 8.68. The Labute approximate surface area is 163 Å². The number of hydrogen-bond donors (Lipinski definition) is 1. The zero-order chi connectivity index (χ0) is 19.6. The molecule has 3 rings (SSSR count). The van der Waals surface area contributed by atoms with E-state index in [1.807, 2.05) is 6.07 Å². The second-order valence-electron chi connectivity index (χ2n) is 7.65. The third kappa shape index (κ3) is 4.30. The number of nitrogens with zero attached hydrogens (tertiary/aromatic N) is 2. The summed E-state index contributed by atoms with van der Waals surface area (Å²) in [4.78, 5) is 31.9. The number of aromatic nitrogens is 1. The van der Waals surface area contributed by atoms with E-state index in [-0.39, 0.29) is 11.3 Å². The van der Waals surface area contributed by atoms with Crippen LogP contribution in [0.15, 0.2) is 24.4 Å². The van der Waals surface area contributed by atoms with Crippen molar-refractivity contribution in [2.24, 2.45) is 0 Å². The molecule has 1 N–H and O–H groups in total. The Kier molecular flexibility index (Phi) is 5.51. The number of carbonyl (C=O) groups excluding carboxylic acids is 2. The Morgan fingerprint density at radius 1 is 1.22 bits per heavy atom. The van der Waals surface area contributed by atoms with Gasteiger partial charge in [-0.3, -0.25) is 4.79 Å². The van der Waals surface area contributed by atoms with Crippen LogP contribution in [0.25, 0.3) is 0 Å². The van der Waals surface area contributed by atoms with Crippen LogP contribution in [0.5, 0.6) is 0 Å². The number of ether oxygens (including phenoxy) is 1. The van der Waals surface area contributed by atoms with Gasteiger partial charge in [-0.2, -0.15) is 0 Å². The zero-order valence-electron chi connectivity index (χ0n) is 16.2. The van der Waals surface area contributed by atoms with Crippen molar-refractivity contribution < 1.29 is 14.3 Å². The highest BCUT2D eigenvalue weighted by Crippen LogP contribution is 2.32. The van der Waals surface area contributed by atoms with Crippen LogP contribution in [-0.2, 0) is 10.2 Å². The Balaban J connectivity index is 1.90. The lowest BCUT2D eigenvalue weighted by Crippen LogP contribution is -2.21. The average molecular weight is 388 g/mol. The summed E-state index contributed by atoms with van der Waals surface area (Å²) in [6.45, 7) is 8.08. The maximum atomic E-state index is 12.8. The lowest BCUT2D eigenvalue weighted by Gasteiger charge is -2.22. The van der Waals surface area contributed by atoms with Crippen LogP contribution in [0.2, 0.25) is 0 Å². The van der Waals surface area contributed by atoms with Gasteiger partial charge < -0.3 is 15.0 Å². The van der Waals surface area contributed by atoms with Crippen molar-refractivity contribution in [3.63, 3.8) is 0 Å². The van der Waals surface area contributed by atoms with Crippen LogP contribution in [0.1, 0.15) is 58.7 Å². The molecule has 144 valence electrons. The van der Waals surface area contributed by atoms with E-state index in [4.69, 9.17) is 4.74 Å². The van der Waals surface area contributed by atoms with Gasteiger partial charge >= 0.3 is 5.97 Å². The number of nitrogens with one attached hydrogen (secondary N) is 1. The molecule has 0 radical (unpaired) electrons. The van der Waals surface area contributed by atoms with E-state index in [2.05, 4.69) is 36.0 Å². The fraction of sp³-hybridized carbons (Fsp3) is 0.450. The molecule has 2 aromatic rings. The smallest absolute Gasteiger partial charge is 0.337 e. The third-order valence-electron chi connectivity index (χ3n) is 4.48. The van der Waals surface area contributed by atoms with Crippen molar-refractivity contribution in [1.82, 2.24) is 4.98 Å². The molecular formula is C20H25N3O3S. The van der Waals surface area contributed by atoms with Crippen LogP contribution in [-0.4, -0.2) is 37.1 Å². The number of methoxy groups -OCH3 is 1. The van der Waals surface area contributed by atoms with Gasteiger partial charge in [0, 0.05) is 18.5 Å². The molecule has 0 aliphatic carbocycles. The summed E-state index contributed by atoms with van der Waals surface area (Å²) >= 11 is 1.39. The molecule has 1 aliphatic rings. The molecule has 0 spiro atoms. The van der Waals surface area contributed by atoms with Crippen molar-refractivity contribution in [3.8, 4) is 0 Å². The summed E-state index contributed by atoms with van der Waals surface area (Å²) in [6.07, 6.45) is 3.85. The fourth-order valence-corrected chi connectivity index (χ4v) is 3.89. The van der Waals surface area contributed by atoms with Crippen LogP contribution in [0, 0.1) is 0 Å². The SMILES string of the molecule is COC(=O)c1ccc(N2CCCC2)c(NC(=O)c2cnc(C(C)(C)C)s2)c1. The van der Waals surface area contributed by atoms with E-state index in [0.717, 1.165) is 36.6 Å². The van der Waals surface area contributed by atoms with E-state index in [0.29, 0.717) is 16.1 Å². The van der Waals surface area contributed by atoms with Gasteiger partial charge in [-0.25, -0.2) is 9.78 Å². The molecule has 6 nitrogen and oxygen atoms in total. The predicted molar refractivity (Wildman–Crippen MR) is 108 cm³/mol. The standard InChI is InChI=1S/C20H25N3O3S/c1-20(2,3)19-21-12-16(27-19)17(24)22-14-11-13(18(25)26-4)7-8-15(14)23-9-5-6-10-23/h7-8,11-12H,5-6,9-10H2,1-4H3,(H,22,24). The maximum absolute atomic E-state index is 12.8. The zero-order valence-corrected chi connectivity index (χ0v) is 17.0. The molecule has 0 bridgehead atoms. The quantitative estimate of drug-likeness (QED) is 0.801. The Hall–Kier alpha value is -2.41. The molecule has 1 amide bonds. The van der Waals surface area contributed by atoms with Crippen LogP contribution in [0.3, 0.4) is 0 Å². The minimum absolute atomic E-state index is 0.102. The van der Waals surface area contributed by atoms with Crippen molar-refractivity contribution in [2.75, 3.05) is 30.4 Å². The number of rotatable bonds is 4. The molecule has 0 saturated carbocycles. The highest BCUT2D eigenvalue weighted by Gasteiger charge is 2.23. The number of thiazole rings is 1. The predicted octanol–water partition coefficient (Wildman–Crippen LogP) is 4.08. The van der Waals surface area contributed by atoms with Gasteiger partial charge in [0.25, 0.3) is 5.91 Å². The minimum Gasteiger partial charge on any atom is -0.465 e. The summed E-state index contributed by atoms with van der Waals surface area (Å²) in [5.74, 6) is -0.642. The normalized spacial score (nSPS) is 14.3. The monoisotopic (exact) mass is 387 g/mol. The lowest BCUT2D eigenvalue weighted by atomic mass is 9.98. The molecule has 27 heavy (non-hydrogen) atoms. The third-order valence-corrected chi connectivity index (χ3v) is 5.91. The lowest BCUT2D eigenvalue weighted by molar-refractivity contribution is 0.0600. The number of esters is 1. The van der Waals surface area contributed by atoms with Gasteiger partial charge in [0.05, 0.1) is 35.3 Å². The Morgan fingerprint density at radius 3 is 2.52 bits per heavy atom. The molecule has 1 saturated heterocycles. The molecule has 2 heterocycles. The first-order valence-corrected chi connectivity index (χ1v) is 9.86. The fourth-order valence-electron chi connectivity index (χ4n) is 3.02. The first-order chi connectivity index (χ1) is 12.8. The number of carbonyl (C=O) groups is 2. The van der Waals surface area contributed by atoms with Gasteiger partial charge in [0.1, 0.15) is 4.88 Å². The van der Waals surface area contributed by atoms with Gasteiger partial charge in [-0.15, -0.1) is 11.3 Å². The van der Waals surface area contributed by atoms with E-state index in [1.165, 1.54) is 18.4 Å². The summed E-state index contributed by atoms with van der Waals surface area (Å²) in [5, 5.41) is 3.88. The van der Waals surface area contributed by atoms with Gasteiger partial charge in [0.2, 0.25) is 0 Å². The van der Waals surface area contributed by atoms with Crippen molar-refractivity contribution >= 4 is 34.6 Å². The Bertz CT molecular complexity index is 848. The molecule has 0 atom stereocenters. The number of hydrogen-bond acceptors (Lipinski definition) is 6. The molecule has 0 unspecified atom stereocenters. The molecule has 1 fully saturated rings. The van der Waals surface area contributed by atoms with E-state index < -0.39 is 5.97 Å². The van der Waals surface area contributed by atoms with E-state index in [9.17, 15) is 9.59 Å². The number of anilines is 2. The highest BCUT2D eigenvalue weighted by molar-refractivity contribution is 7.13. The largest absolute Gasteiger partial charge is 0.465 e. The molecular weight excluding hydrogens is 362 g/mol. The topological polar surface area (TPSA) is 71.5 Å². The molecule has 1 aromatic heterocycles. The summed E-state index contributed by atoms with van der Waals surface area (Å²) in [7, 11) is 1.35. The van der Waals surface area contributed by atoms with Crippen LogP contribution < -0.4 is 10.2 Å². The summed E-state index contributed by atoms with van der Waals surface area (Å²) in [5.41, 5.74) is 1.86. The average Bonchev–Trinajstić information content (AvgIpc) is 3.32. The van der Waals surface area contributed by atoms with E-state index in [1.54, 1.807) is 18.3 Å². The highest BCUT2D eigenvalue weighted by atomic mass is 32.1. The van der Waals surface area contributed by atoms with Crippen molar-refractivity contribution in [2.45, 2.75) is 39.0 Å². The summed E-state index contributed by atoms with van der Waals surface area (Å²) < 4.78 is 4.81. The maximum Gasteiger partial charge on any atom is 0.337 e. The van der Waals surface area contributed by atoms with Crippen molar-refractivity contribution in [1.29, 1.82) is 0 Å². The first kappa shape index (κ1) is 19.4. The molecule has 1 aliphatic heterocycles. The number of benzene rings is 1. The Morgan fingerprint density at radius 2 is 1.93 bits per heavy atom.